The van der Waals surface area contributed by atoms with E-state index in [0.29, 0.717) is 6.42 Å². The predicted molar refractivity (Wildman–Crippen MR) is 142 cm³/mol. The molecule has 10 heteroatoms. The number of amides is 2. The van der Waals surface area contributed by atoms with Gasteiger partial charge >= 0.3 is 0 Å². The van der Waals surface area contributed by atoms with E-state index in [0.717, 1.165) is 21.7 Å². The largest absolute Gasteiger partial charge is 0.350 e. The highest BCUT2D eigenvalue weighted by Crippen LogP contribution is 2.27. The second kappa shape index (κ2) is 11.6. The van der Waals surface area contributed by atoms with Gasteiger partial charge in [0.25, 0.3) is 0 Å². The molecular formula is C25H33Cl2N3O4S. The summed E-state index contributed by atoms with van der Waals surface area (Å²) in [6.45, 7) is 8.95. The molecule has 0 saturated carbocycles. The molecule has 0 aliphatic carbocycles. The zero-order valence-corrected chi connectivity index (χ0v) is 23.3. The van der Waals surface area contributed by atoms with Crippen LogP contribution in [0.25, 0.3) is 0 Å². The second-order valence-corrected chi connectivity index (χ2v) is 12.3. The molecule has 1 N–H and O–H groups in total. The summed E-state index contributed by atoms with van der Waals surface area (Å²) < 4.78 is 26.3. The smallest absolute Gasteiger partial charge is 0.244 e. The minimum atomic E-state index is -3.87. The summed E-state index contributed by atoms with van der Waals surface area (Å²) in [4.78, 5) is 28.3. The van der Waals surface area contributed by atoms with Crippen LogP contribution in [0.15, 0.2) is 42.5 Å². The minimum Gasteiger partial charge on any atom is -0.350 e. The third-order valence-electron chi connectivity index (χ3n) is 5.30. The Kier molecular flexibility index (Phi) is 9.62. The van der Waals surface area contributed by atoms with E-state index < -0.39 is 34.1 Å². The number of sulfonamides is 1. The van der Waals surface area contributed by atoms with Crippen molar-refractivity contribution in [2.75, 3.05) is 17.1 Å². The van der Waals surface area contributed by atoms with Gasteiger partial charge in [0, 0.05) is 22.1 Å². The fraction of sp³-hybridized carbons (Fsp3) is 0.440. The highest BCUT2D eigenvalue weighted by molar-refractivity contribution is 7.92. The molecule has 0 saturated heterocycles. The van der Waals surface area contributed by atoms with Crippen LogP contribution in [0, 0.1) is 6.92 Å². The number of benzene rings is 2. The van der Waals surface area contributed by atoms with E-state index in [1.54, 1.807) is 0 Å². The maximum Gasteiger partial charge on any atom is 0.244 e. The quantitative estimate of drug-likeness (QED) is 0.494. The van der Waals surface area contributed by atoms with E-state index in [9.17, 15) is 18.0 Å². The first-order valence-corrected chi connectivity index (χ1v) is 13.8. The van der Waals surface area contributed by atoms with Gasteiger partial charge in [-0.1, -0.05) is 54.4 Å². The number of hydrogen-bond acceptors (Lipinski definition) is 4. The lowest BCUT2D eigenvalue weighted by Crippen LogP contribution is -2.55. The monoisotopic (exact) mass is 541 g/mol. The van der Waals surface area contributed by atoms with Crippen molar-refractivity contribution in [1.82, 2.24) is 10.2 Å². The van der Waals surface area contributed by atoms with Crippen molar-refractivity contribution in [2.24, 2.45) is 0 Å². The van der Waals surface area contributed by atoms with E-state index in [1.807, 2.05) is 58.9 Å². The van der Waals surface area contributed by atoms with Gasteiger partial charge < -0.3 is 10.2 Å². The van der Waals surface area contributed by atoms with Crippen LogP contribution < -0.4 is 9.62 Å². The number of carbonyl (C=O) groups excluding carboxylic acids is 2. The van der Waals surface area contributed by atoms with Crippen LogP contribution in [0.2, 0.25) is 10.0 Å². The first-order chi connectivity index (χ1) is 16.1. The average molecular weight is 543 g/mol. The molecule has 2 amide bonds. The van der Waals surface area contributed by atoms with Crippen molar-refractivity contribution in [2.45, 2.75) is 59.2 Å². The van der Waals surface area contributed by atoms with E-state index in [4.69, 9.17) is 23.2 Å². The number of nitrogens with one attached hydrogen (secondary N) is 1. The van der Waals surface area contributed by atoms with Crippen molar-refractivity contribution < 1.29 is 18.0 Å². The molecule has 0 bridgehead atoms. The summed E-state index contributed by atoms with van der Waals surface area (Å²) in [6.07, 6.45) is 1.35. The molecule has 0 spiro atoms. The molecule has 35 heavy (non-hydrogen) atoms. The summed E-state index contributed by atoms with van der Waals surface area (Å²) in [7, 11) is -3.87. The molecule has 0 aliphatic heterocycles. The number of nitrogens with zero attached hydrogens (tertiary/aromatic N) is 2. The number of carbonyl (C=O) groups is 2. The van der Waals surface area contributed by atoms with Crippen molar-refractivity contribution in [1.29, 1.82) is 0 Å². The Bertz CT molecular complexity index is 1160. The van der Waals surface area contributed by atoms with Gasteiger partial charge in [-0.25, -0.2) is 8.42 Å². The number of halogens is 2. The molecule has 2 rings (SSSR count). The molecule has 2 aromatic rings. The van der Waals surface area contributed by atoms with Crippen LogP contribution in [0.5, 0.6) is 0 Å². The zero-order chi connectivity index (χ0) is 26.6. The van der Waals surface area contributed by atoms with Crippen molar-refractivity contribution in [3.63, 3.8) is 0 Å². The van der Waals surface area contributed by atoms with Gasteiger partial charge in [-0.15, -0.1) is 0 Å². The lowest BCUT2D eigenvalue weighted by molar-refractivity contribution is -0.141. The zero-order valence-electron chi connectivity index (χ0n) is 20.9. The summed E-state index contributed by atoms with van der Waals surface area (Å²) >= 11 is 12.2. The molecule has 192 valence electrons. The van der Waals surface area contributed by atoms with Gasteiger partial charge in [0.05, 0.1) is 11.9 Å². The van der Waals surface area contributed by atoms with Gasteiger partial charge in [0.2, 0.25) is 21.8 Å². The third-order valence-corrected chi connectivity index (χ3v) is 6.88. The molecule has 2 aromatic carbocycles. The van der Waals surface area contributed by atoms with Crippen LogP contribution in [0.3, 0.4) is 0 Å². The Morgan fingerprint density at radius 1 is 1.06 bits per heavy atom. The molecule has 0 heterocycles. The predicted octanol–water partition coefficient (Wildman–Crippen LogP) is 4.79. The van der Waals surface area contributed by atoms with Crippen LogP contribution in [-0.4, -0.2) is 49.5 Å². The number of rotatable bonds is 9. The summed E-state index contributed by atoms with van der Waals surface area (Å²) in [5, 5.41) is 3.41. The molecule has 7 nitrogen and oxygen atoms in total. The van der Waals surface area contributed by atoms with Crippen LogP contribution >= 0.6 is 23.2 Å². The van der Waals surface area contributed by atoms with Gasteiger partial charge in [-0.2, -0.15) is 0 Å². The molecule has 0 fully saturated rings. The Morgan fingerprint density at radius 2 is 1.63 bits per heavy atom. The van der Waals surface area contributed by atoms with E-state index in [2.05, 4.69) is 5.32 Å². The Balaban J connectivity index is 2.51. The highest BCUT2D eigenvalue weighted by Gasteiger charge is 2.33. The maximum atomic E-state index is 13.7. The Labute approximate surface area is 218 Å². The highest BCUT2D eigenvalue weighted by atomic mass is 35.5. The Hall–Kier alpha value is -2.29. The van der Waals surface area contributed by atoms with Crippen molar-refractivity contribution in [3.05, 3.63) is 63.6 Å². The fourth-order valence-corrected chi connectivity index (χ4v) is 4.99. The Morgan fingerprint density at radius 3 is 2.11 bits per heavy atom. The minimum absolute atomic E-state index is 0.148. The number of anilines is 1. The molecule has 0 aliphatic rings. The van der Waals surface area contributed by atoms with E-state index in [-0.39, 0.29) is 28.2 Å². The SMILES string of the molecule is CCC(C(=O)NC(C)(C)C)N(Cc1ccccc1C)C(=O)CN(c1cc(Cl)cc(Cl)c1)S(C)(=O)=O. The summed E-state index contributed by atoms with van der Waals surface area (Å²) in [6, 6.07) is 11.1. The first-order valence-electron chi connectivity index (χ1n) is 11.2. The summed E-state index contributed by atoms with van der Waals surface area (Å²) in [5.74, 6) is -0.829. The normalized spacial score (nSPS) is 12.7. The average Bonchev–Trinajstić information content (AvgIpc) is 2.70. The topological polar surface area (TPSA) is 86.8 Å². The maximum absolute atomic E-state index is 13.7. The molecule has 0 aromatic heterocycles. The number of aryl methyl sites for hydroxylation is 1. The molecule has 1 atom stereocenters. The lowest BCUT2D eigenvalue weighted by atomic mass is 10.0. The van der Waals surface area contributed by atoms with E-state index >= 15 is 0 Å². The second-order valence-electron chi connectivity index (χ2n) is 9.51. The summed E-state index contributed by atoms with van der Waals surface area (Å²) in [5.41, 5.74) is 1.48. The molecular weight excluding hydrogens is 509 g/mol. The third kappa shape index (κ3) is 8.40. The lowest BCUT2D eigenvalue weighted by Gasteiger charge is -2.34. The van der Waals surface area contributed by atoms with Crippen LogP contribution in [-0.2, 0) is 26.2 Å². The number of hydrogen-bond donors (Lipinski definition) is 1. The van der Waals surface area contributed by atoms with Crippen LogP contribution in [0.4, 0.5) is 5.69 Å². The van der Waals surface area contributed by atoms with Gasteiger partial charge in [0.15, 0.2) is 0 Å². The fourth-order valence-electron chi connectivity index (χ4n) is 3.64. The van der Waals surface area contributed by atoms with Crippen molar-refractivity contribution in [3.8, 4) is 0 Å². The van der Waals surface area contributed by atoms with Gasteiger partial charge in [0.1, 0.15) is 12.6 Å². The van der Waals surface area contributed by atoms with E-state index in [1.165, 1.54) is 23.1 Å². The first kappa shape index (κ1) is 28.9. The standard InChI is InChI=1S/C25H33Cl2N3O4S/c1-7-22(24(32)28-25(3,4)5)29(15-18-11-9-8-10-17(18)2)23(31)16-30(35(6,33)34)21-13-19(26)12-20(27)14-21/h8-14,22H,7,15-16H2,1-6H3,(H,28,32). The van der Waals surface area contributed by atoms with Crippen LogP contribution in [0.1, 0.15) is 45.2 Å². The molecule has 1 unspecified atom stereocenters. The van der Waals surface area contributed by atoms with Gasteiger partial charge in [-0.3, -0.25) is 13.9 Å². The molecule has 0 radical (unpaired) electrons. The van der Waals surface area contributed by atoms with Gasteiger partial charge in [-0.05, 0) is 63.4 Å². The van der Waals surface area contributed by atoms with Crippen molar-refractivity contribution >= 4 is 50.7 Å².